The Morgan fingerprint density at radius 3 is 3.11 bits per heavy atom. The van der Waals surface area contributed by atoms with Crippen LogP contribution in [-0.2, 0) is 6.42 Å². The molecule has 1 unspecified atom stereocenters. The number of carbonyl (C=O) groups is 1. The van der Waals surface area contributed by atoms with E-state index in [4.69, 9.17) is 0 Å². The minimum atomic E-state index is -0.109. The third kappa shape index (κ3) is 3.35. The van der Waals surface area contributed by atoms with E-state index in [1.807, 2.05) is 12.1 Å². The molecule has 0 bridgehead atoms. The van der Waals surface area contributed by atoms with Crippen molar-refractivity contribution in [3.63, 3.8) is 0 Å². The summed E-state index contributed by atoms with van der Waals surface area (Å²) >= 11 is 3.17. The first-order valence-electron chi connectivity index (χ1n) is 6.18. The van der Waals surface area contributed by atoms with Crippen LogP contribution in [0.4, 0.5) is 4.79 Å². The summed E-state index contributed by atoms with van der Waals surface area (Å²) in [5, 5.41) is 5.83. The highest BCUT2D eigenvalue weighted by Gasteiger charge is 2.20. The number of rotatable bonds is 3. The fourth-order valence-electron chi connectivity index (χ4n) is 2.31. The fourth-order valence-corrected chi connectivity index (χ4v) is 2.50. The first-order chi connectivity index (χ1) is 8.81. The van der Waals surface area contributed by atoms with E-state index in [1.54, 1.807) is 4.99 Å². The van der Waals surface area contributed by atoms with Gasteiger partial charge in [0, 0.05) is 6.54 Å². The Kier molecular flexibility index (Phi) is 4.81. The summed E-state index contributed by atoms with van der Waals surface area (Å²) < 4.78 is 0. The van der Waals surface area contributed by atoms with Crippen LogP contribution in [-0.4, -0.2) is 12.6 Å². The Morgan fingerprint density at radius 2 is 2.28 bits per heavy atom. The van der Waals surface area contributed by atoms with E-state index in [9.17, 15) is 4.79 Å². The second kappa shape index (κ2) is 6.59. The van der Waals surface area contributed by atoms with Crippen molar-refractivity contribution < 1.29 is 4.79 Å². The molecule has 1 aromatic rings. The standard InChI is InChI=1S/C14H17BrN2O/c15-9-4-10-16-14(18)17-13-8-3-6-11-5-1-2-7-12(11)13/h1-2,4-5,7,9,13H,3,6,8,10H2,(H2,16,17,18). The van der Waals surface area contributed by atoms with Gasteiger partial charge in [-0.05, 0) is 35.4 Å². The molecule has 4 heteroatoms. The van der Waals surface area contributed by atoms with E-state index in [2.05, 4.69) is 44.8 Å². The van der Waals surface area contributed by atoms with Gasteiger partial charge < -0.3 is 10.6 Å². The van der Waals surface area contributed by atoms with Crippen molar-refractivity contribution in [3.05, 3.63) is 46.5 Å². The normalized spacial score (nSPS) is 18.4. The molecule has 3 nitrogen and oxygen atoms in total. The van der Waals surface area contributed by atoms with Gasteiger partial charge in [-0.2, -0.15) is 0 Å². The topological polar surface area (TPSA) is 41.1 Å². The summed E-state index contributed by atoms with van der Waals surface area (Å²) in [6.07, 6.45) is 5.10. The molecule has 1 aliphatic rings. The summed E-state index contributed by atoms with van der Waals surface area (Å²) in [4.78, 5) is 13.5. The summed E-state index contributed by atoms with van der Waals surface area (Å²) in [6, 6.07) is 8.38. The molecule has 0 fully saturated rings. The predicted molar refractivity (Wildman–Crippen MR) is 76.7 cm³/mol. The van der Waals surface area contributed by atoms with Crippen LogP contribution >= 0.6 is 15.9 Å². The van der Waals surface area contributed by atoms with Crippen LogP contribution in [0.1, 0.15) is 30.0 Å². The van der Waals surface area contributed by atoms with Gasteiger partial charge in [-0.3, -0.25) is 0 Å². The minimum Gasteiger partial charge on any atom is -0.335 e. The van der Waals surface area contributed by atoms with E-state index in [-0.39, 0.29) is 12.1 Å². The number of carbonyl (C=O) groups excluding carboxylic acids is 1. The number of benzene rings is 1. The molecule has 1 aromatic carbocycles. The van der Waals surface area contributed by atoms with Crippen LogP contribution in [0.15, 0.2) is 35.3 Å². The van der Waals surface area contributed by atoms with Crippen LogP contribution in [0.3, 0.4) is 0 Å². The van der Waals surface area contributed by atoms with Crippen molar-refractivity contribution in [2.24, 2.45) is 0 Å². The molecule has 1 atom stereocenters. The van der Waals surface area contributed by atoms with E-state index in [0.29, 0.717) is 6.54 Å². The number of aryl methyl sites for hydroxylation is 1. The number of fused-ring (bicyclic) bond motifs is 1. The maximum Gasteiger partial charge on any atom is 0.315 e. The molecule has 0 radical (unpaired) electrons. The van der Waals surface area contributed by atoms with Gasteiger partial charge in [0.1, 0.15) is 0 Å². The molecular weight excluding hydrogens is 292 g/mol. The lowest BCUT2D eigenvalue weighted by atomic mass is 9.88. The van der Waals surface area contributed by atoms with E-state index in [1.165, 1.54) is 11.1 Å². The first kappa shape index (κ1) is 13.1. The van der Waals surface area contributed by atoms with Crippen LogP contribution < -0.4 is 10.6 Å². The van der Waals surface area contributed by atoms with Crippen molar-refractivity contribution in [3.8, 4) is 0 Å². The van der Waals surface area contributed by atoms with E-state index < -0.39 is 0 Å². The van der Waals surface area contributed by atoms with Gasteiger partial charge in [0.05, 0.1) is 6.04 Å². The molecule has 0 aromatic heterocycles. The molecule has 2 amide bonds. The third-order valence-electron chi connectivity index (χ3n) is 3.14. The smallest absolute Gasteiger partial charge is 0.315 e. The van der Waals surface area contributed by atoms with Crippen LogP contribution in [0.2, 0.25) is 0 Å². The molecular formula is C14H17BrN2O. The van der Waals surface area contributed by atoms with Crippen LogP contribution in [0, 0.1) is 0 Å². The molecule has 0 aliphatic heterocycles. The lowest BCUT2D eigenvalue weighted by Crippen LogP contribution is -2.39. The molecule has 0 saturated carbocycles. The maximum atomic E-state index is 11.7. The number of halogens is 1. The van der Waals surface area contributed by atoms with Gasteiger partial charge in [-0.1, -0.05) is 46.3 Å². The quantitative estimate of drug-likeness (QED) is 0.884. The third-order valence-corrected chi connectivity index (χ3v) is 3.52. The SMILES string of the molecule is O=C(NCC=CBr)NC1CCCc2ccccc21. The zero-order valence-electron chi connectivity index (χ0n) is 10.2. The fraction of sp³-hybridized carbons (Fsp3) is 0.357. The second-order valence-electron chi connectivity index (χ2n) is 4.36. The van der Waals surface area contributed by atoms with Crippen LogP contribution in [0.5, 0.6) is 0 Å². The number of hydrogen-bond acceptors (Lipinski definition) is 1. The van der Waals surface area contributed by atoms with Gasteiger partial charge in [-0.15, -0.1) is 0 Å². The zero-order chi connectivity index (χ0) is 12.8. The van der Waals surface area contributed by atoms with E-state index in [0.717, 1.165) is 19.3 Å². The van der Waals surface area contributed by atoms with Gasteiger partial charge in [0.15, 0.2) is 0 Å². The first-order valence-corrected chi connectivity index (χ1v) is 7.10. The Bertz CT molecular complexity index is 445. The van der Waals surface area contributed by atoms with Crippen molar-refractivity contribution in [1.82, 2.24) is 10.6 Å². The van der Waals surface area contributed by atoms with Crippen LogP contribution in [0.25, 0.3) is 0 Å². The van der Waals surface area contributed by atoms with Gasteiger partial charge in [0.2, 0.25) is 0 Å². The predicted octanol–water partition coefficient (Wildman–Crippen LogP) is 3.27. The zero-order valence-corrected chi connectivity index (χ0v) is 11.7. The minimum absolute atomic E-state index is 0.109. The Morgan fingerprint density at radius 1 is 1.44 bits per heavy atom. The second-order valence-corrected chi connectivity index (χ2v) is 4.89. The monoisotopic (exact) mass is 308 g/mol. The molecule has 0 saturated heterocycles. The highest BCUT2D eigenvalue weighted by Crippen LogP contribution is 2.29. The number of amides is 2. The molecule has 2 rings (SSSR count). The largest absolute Gasteiger partial charge is 0.335 e. The average molecular weight is 309 g/mol. The molecule has 96 valence electrons. The molecule has 1 aliphatic carbocycles. The van der Waals surface area contributed by atoms with Crippen molar-refractivity contribution in [2.45, 2.75) is 25.3 Å². The number of nitrogens with one attached hydrogen (secondary N) is 2. The van der Waals surface area contributed by atoms with Crippen molar-refractivity contribution in [2.75, 3.05) is 6.54 Å². The van der Waals surface area contributed by atoms with Gasteiger partial charge in [0.25, 0.3) is 0 Å². The lowest BCUT2D eigenvalue weighted by Gasteiger charge is -2.26. The number of urea groups is 1. The summed E-state index contributed by atoms with van der Waals surface area (Å²) in [6.45, 7) is 0.533. The van der Waals surface area contributed by atoms with Gasteiger partial charge >= 0.3 is 6.03 Å². The highest BCUT2D eigenvalue weighted by atomic mass is 79.9. The molecule has 2 N–H and O–H groups in total. The van der Waals surface area contributed by atoms with E-state index >= 15 is 0 Å². The van der Waals surface area contributed by atoms with Crippen molar-refractivity contribution in [1.29, 1.82) is 0 Å². The molecule has 0 spiro atoms. The molecule has 18 heavy (non-hydrogen) atoms. The average Bonchev–Trinajstić information content (AvgIpc) is 2.39. The Hall–Kier alpha value is -1.29. The highest BCUT2D eigenvalue weighted by molar-refractivity contribution is 9.11. The summed E-state index contributed by atoms with van der Waals surface area (Å²) in [7, 11) is 0. The molecule has 0 heterocycles. The summed E-state index contributed by atoms with van der Waals surface area (Å²) in [5.41, 5.74) is 2.62. The summed E-state index contributed by atoms with van der Waals surface area (Å²) in [5.74, 6) is 0. The Labute approximate surface area is 116 Å². The van der Waals surface area contributed by atoms with Gasteiger partial charge in [-0.25, -0.2) is 4.79 Å². The lowest BCUT2D eigenvalue weighted by molar-refractivity contribution is 0.236. The Balaban J connectivity index is 1.96. The number of hydrogen-bond donors (Lipinski definition) is 2. The van der Waals surface area contributed by atoms with Crippen molar-refractivity contribution >= 4 is 22.0 Å². The maximum absolute atomic E-state index is 11.7.